The standard InChI is InChI=1S/C10H10N6/c1-16-3-2-7(15-16)6-4-12-10-8(6)9(11)13-5-14-10/h2-5H,1H3,(H3,11,12,13,14). The number of nitrogens with two attached hydrogens (primary N) is 1. The average molecular weight is 214 g/mol. The molecule has 0 fully saturated rings. The van der Waals surface area contributed by atoms with Crippen molar-refractivity contribution in [3.8, 4) is 11.3 Å². The van der Waals surface area contributed by atoms with Crippen LogP contribution in [0.15, 0.2) is 24.8 Å². The molecular formula is C10H10N6. The predicted octanol–water partition coefficient (Wildman–Crippen LogP) is 0.941. The molecule has 0 aliphatic rings. The number of H-pyrrole nitrogens is 1. The van der Waals surface area contributed by atoms with Crippen LogP contribution < -0.4 is 5.73 Å². The molecule has 0 radical (unpaired) electrons. The van der Waals surface area contributed by atoms with Gasteiger partial charge in [-0.2, -0.15) is 5.10 Å². The van der Waals surface area contributed by atoms with E-state index in [9.17, 15) is 0 Å². The van der Waals surface area contributed by atoms with Gasteiger partial charge in [-0.3, -0.25) is 4.68 Å². The molecule has 3 aromatic heterocycles. The zero-order chi connectivity index (χ0) is 11.1. The second-order valence-electron chi connectivity index (χ2n) is 3.56. The van der Waals surface area contributed by atoms with Gasteiger partial charge in [0.05, 0.1) is 11.1 Å². The van der Waals surface area contributed by atoms with Crippen molar-refractivity contribution in [1.82, 2.24) is 24.7 Å². The molecule has 0 aliphatic carbocycles. The fourth-order valence-electron chi connectivity index (χ4n) is 1.75. The van der Waals surface area contributed by atoms with Crippen LogP contribution in [0.3, 0.4) is 0 Å². The maximum atomic E-state index is 5.84. The molecule has 0 atom stereocenters. The van der Waals surface area contributed by atoms with Crippen molar-refractivity contribution in [3.05, 3.63) is 24.8 Å². The summed E-state index contributed by atoms with van der Waals surface area (Å²) in [6.45, 7) is 0. The monoisotopic (exact) mass is 214 g/mol. The number of nitrogens with one attached hydrogen (secondary N) is 1. The van der Waals surface area contributed by atoms with Crippen molar-refractivity contribution in [2.75, 3.05) is 5.73 Å². The Morgan fingerprint density at radius 3 is 3.00 bits per heavy atom. The Hall–Kier alpha value is -2.37. The molecule has 0 spiro atoms. The average Bonchev–Trinajstić information content (AvgIpc) is 2.84. The van der Waals surface area contributed by atoms with Crippen LogP contribution in [-0.2, 0) is 7.05 Å². The fourth-order valence-corrected chi connectivity index (χ4v) is 1.75. The fraction of sp³-hybridized carbons (Fsp3) is 0.100. The van der Waals surface area contributed by atoms with Gasteiger partial charge >= 0.3 is 0 Å². The van der Waals surface area contributed by atoms with E-state index < -0.39 is 0 Å². The lowest BCUT2D eigenvalue weighted by Crippen LogP contribution is -1.93. The van der Waals surface area contributed by atoms with Gasteiger partial charge in [0.25, 0.3) is 0 Å². The van der Waals surface area contributed by atoms with E-state index >= 15 is 0 Å². The summed E-state index contributed by atoms with van der Waals surface area (Å²) in [7, 11) is 1.87. The van der Waals surface area contributed by atoms with E-state index in [0.717, 1.165) is 22.3 Å². The summed E-state index contributed by atoms with van der Waals surface area (Å²) in [5, 5.41) is 5.15. The number of hydrogen-bond donors (Lipinski definition) is 2. The first-order valence-electron chi connectivity index (χ1n) is 4.83. The highest BCUT2D eigenvalue weighted by atomic mass is 15.2. The molecule has 0 aromatic carbocycles. The van der Waals surface area contributed by atoms with Gasteiger partial charge in [0.2, 0.25) is 0 Å². The van der Waals surface area contributed by atoms with Crippen LogP contribution in [0.4, 0.5) is 5.82 Å². The molecular weight excluding hydrogens is 204 g/mol. The first-order valence-corrected chi connectivity index (χ1v) is 4.83. The van der Waals surface area contributed by atoms with Gasteiger partial charge in [0, 0.05) is 25.0 Å². The number of anilines is 1. The third kappa shape index (κ3) is 1.16. The van der Waals surface area contributed by atoms with E-state index in [-0.39, 0.29) is 0 Å². The summed E-state index contributed by atoms with van der Waals surface area (Å²) in [4.78, 5) is 11.2. The van der Waals surface area contributed by atoms with E-state index in [1.165, 1.54) is 6.33 Å². The van der Waals surface area contributed by atoms with Gasteiger partial charge in [-0.25, -0.2) is 9.97 Å². The minimum absolute atomic E-state index is 0.465. The predicted molar refractivity (Wildman–Crippen MR) is 60.5 cm³/mol. The molecule has 3 aromatic rings. The highest BCUT2D eigenvalue weighted by molar-refractivity contribution is 5.99. The van der Waals surface area contributed by atoms with Crippen LogP contribution in [-0.4, -0.2) is 24.7 Å². The molecule has 0 saturated carbocycles. The van der Waals surface area contributed by atoms with Crippen molar-refractivity contribution in [2.24, 2.45) is 7.05 Å². The van der Waals surface area contributed by atoms with Crippen molar-refractivity contribution in [3.63, 3.8) is 0 Å². The summed E-state index contributed by atoms with van der Waals surface area (Å²) >= 11 is 0. The largest absolute Gasteiger partial charge is 0.383 e. The minimum atomic E-state index is 0.465. The molecule has 3 heterocycles. The first kappa shape index (κ1) is 8.90. The Morgan fingerprint density at radius 2 is 2.25 bits per heavy atom. The van der Waals surface area contributed by atoms with Crippen LogP contribution in [0.1, 0.15) is 0 Å². The lowest BCUT2D eigenvalue weighted by molar-refractivity contribution is 0.771. The van der Waals surface area contributed by atoms with E-state index in [0.29, 0.717) is 5.82 Å². The van der Waals surface area contributed by atoms with Crippen LogP contribution in [0.5, 0.6) is 0 Å². The zero-order valence-electron chi connectivity index (χ0n) is 8.68. The van der Waals surface area contributed by atoms with Crippen molar-refractivity contribution in [2.45, 2.75) is 0 Å². The number of aromatic nitrogens is 5. The number of aromatic amines is 1. The van der Waals surface area contributed by atoms with Gasteiger partial charge in [-0.1, -0.05) is 0 Å². The lowest BCUT2D eigenvalue weighted by atomic mass is 10.2. The molecule has 0 amide bonds. The summed E-state index contributed by atoms with van der Waals surface area (Å²) < 4.78 is 1.74. The van der Waals surface area contributed by atoms with E-state index in [1.807, 2.05) is 25.5 Å². The maximum Gasteiger partial charge on any atom is 0.143 e. The highest BCUT2D eigenvalue weighted by Gasteiger charge is 2.12. The van der Waals surface area contributed by atoms with Crippen molar-refractivity contribution in [1.29, 1.82) is 0 Å². The lowest BCUT2D eigenvalue weighted by Gasteiger charge is -1.96. The number of aryl methyl sites for hydroxylation is 1. The third-order valence-corrected chi connectivity index (χ3v) is 2.49. The Balaban J connectivity index is 2.32. The minimum Gasteiger partial charge on any atom is -0.383 e. The Labute approximate surface area is 91.1 Å². The van der Waals surface area contributed by atoms with Gasteiger partial charge in [-0.15, -0.1) is 0 Å². The van der Waals surface area contributed by atoms with Crippen molar-refractivity contribution < 1.29 is 0 Å². The summed E-state index contributed by atoms with van der Waals surface area (Å²) in [5.41, 5.74) is 8.35. The first-order chi connectivity index (χ1) is 7.75. The molecule has 0 aliphatic heterocycles. The van der Waals surface area contributed by atoms with Crippen LogP contribution in [0.2, 0.25) is 0 Å². The summed E-state index contributed by atoms with van der Waals surface area (Å²) in [5.74, 6) is 0.465. The number of nitrogens with zero attached hydrogens (tertiary/aromatic N) is 4. The Morgan fingerprint density at radius 1 is 1.38 bits per heavy atom. The molecule has 6 nitrogen and oxygen atoms in total. The Kier molecular flexibility index (Phi) is 1.70. The van der Waals surface area contributed by atoms with E-state index in [1.54, 1.807) is 4.68 Å². The van der Waals surface area contributed by atoms with Crippen molar-refractivity contribution >= 4 is 16.9 Å². The van der Waals surface area contributed by atoms with Crippen LogP contribution >= 0.6 is 0 Å². The van der Waals surface area contributed by atoms with Crippen LogP contribution in [0, 0.1) is 0 Å². The number of rotatable bonds is 1. The highest BCUT2D eigenvalue weighted by Crippen LogP contribution is 2.28. The van der Waals surface area contributed by atoms with Gasteiger partial charge < -0.3 is 10.7 Å². The quantitative estimate of drug-likeness (QED) is 0.631. The molecule has 3 rings (SSSR count). The molecule has 16 heavy (non-hydrogen) atoms. The Bertz CT molecular complexity index is 650. The SMILES string of the molecule is Cn1ccc(-c2c[nH]c3ncnc(N)c23)n1. The summed E-state index contributed by atoms with van der Waals surface area (Å²) in [6.07, 6.45) is 5.17. The molecule has 6 heteroatoms. The zero-order valence-corrected chi connectivity index (χ0v) is 8.68. The molecule has 0 saturated heterocycles. The number of fused-ring (bicyclic) bond motifs is 1. The molecule has 0 bridgehead atoms. The molecule has 80 valence electrons. The van der Waals surface area contributed by atoms with Gasteiger partial charge in [0.1, 0.15) is 17.8 Å². The topological polar surface area (TPSA) is 85.4 Å². The molecule has 0 unspecified atom stereocenters. The normalized spacial score (nSPS) is 11.1. The number of nitrogen functional groups attached to an aromatic ring is 1. The second kappa shape index (κ2) is 3.06. The summed E-state index contributed by atoms with van der Waals surface area (Å²) in [6, 6.07) is 1.93. The smallest absolute Gasteiger partial charge is 0.143 e. The maximum absolute atomic E-state index is 5.84. The van der Waals surface area contributed by atoms with E-state index in [4.69, 9.17) is 5.73 Å². The van der Waals surface area contributed by atoms with Crippen LogP contribution in [0.25, 0.3) is 22.3 Å². The molecule has 3 N–H and O–H groups in total. The van der Waals surface area contributed by atoms with Gasteiger partial charge in [0.15, 0.2) is 0 Å². The second-order valence-corrected chi connectivity index (χ2v) is 3.56. The van der Waals surface area contributed by atoms with Gasteiger partial charge in [-0.05, 0) is 6.07 Å². The third-order valence-electron chi connectivity index (χ3n) is 2.49. The number of hydrogen-bond acceptors (Lipinski definition) is 4. The van der Waals surface area contributed by atoms with E-state index in [2.05, 4.69) is 20.1 Å².